The van der Waals surface area contributed by atoms with Crippen LogP contribution in [0, 0.1) is 3.57 Å². The molecule has 0 bridgehead atoms. The van der Waals surface area contributed by atoms with Gasteiger partial charge in [0.25, 0.3) is 5.91 Å². The molecule has 0 fully saturated rings. The van der Waals surface area contributed by atoms with E-state index in [1.54, 1.807) is 12.1 Å². The fourth-order valence-corrected chi connectivity index (χ4v) is 3.09. The Hall–Kier alpha value is -0.110. The minimum Gasteiger partial charge on any atom is -0.321 e. The van der Waals surface area contributed by atoms with Crippen LogP contribution in [-0.4, -0.2) is 5.91 Å². The quantitative estimate of drug-likeness (QED) is 0.510. The van der Waals surface area contributed by atoms with Gasteiger partial charge in [-0.15, -0.1) is 0 Å². The molecule has 2 rings (SSSR count). The number of hydrogen-bond acceptors (Lipinski definition) is 1. The van der Waals surface area contributed by atoms with Gasteiger partial charge in [-0.3, -0.25) is 4.79 Å². The lowest BCUT2D eigenvalue weighted by Gasteiger charge is -2.09. The number of benzene rings is 2. The number of anilines is 1. The van der Waals surface area contributed by atoms with Gasteiger partial charge in [-0.25, -0.2) is 0 Å². The smallest absolute Gasteiger partial charge is 0.256 e. The Morgan fingerprint density at radius 1 is 1.16 bits per heavy atom. The lowest BCUT2D eigenvalue weighted by atomic mass is 10.2. The molecule has 2 nitrogen and oxygen atoms in total. The molecule has 0 unspecified atom stereocenters. The van der Waals surface area contributed by atoms with Crippen molar-refractivity contribution < 1.29 is 4.79 Å². The van der Waals surface area contributed by atoms with Gasteiger partial charge in [0.05, 0.1) is 16.3 Å². The van der Waals surface area contributed by atoms with Gasteiger partial charge in [-0.05, 0) is 74.9 Å². The molecule has 1 N–H and O–H groups in total. The zero-order valence-corrected chi connectivity index (χ0v) is 15.5. The number of halogens is 4. The first-order valence-corrected chi connectivity index (χ1v) is 8.23. The Labute approximate surface area is 146 Å². The van der Waals surface area contributed by atoms with Crippen molar-refractivity contribution in [2.75, 3.05) is 5.32 Å². The Kier molecular flexibility index (Phi) is 5.28. The third-order valence-corrected chi connectivity index (χ3v) is 4.52. The molecular formula is C13H7Br2ClINO. The van der Waals surface area contributed by atoms with Gasteiger partial charge in [0, 0.05) is 12.5 Å². The van der Waals surface area contributed by atoms with Crippen LogP contribution in [0.15, 0.2) is 45.3 Å². The first-order valence-electron chi connectivity index (χ1n) is 5.19. The molecule has 2 aromatic carbocycles. The third kappa shape index (κ3) is 3.93. The van der Waals surface area contributed by atoms with E-state index in [1.807, 2.05) is 24.3 Å². The minimum absolute atomic E-state index is 0.199. The Balaban J connectivity index is 2.28. The van der Waals surface area contributed by atoms with Crippen LogP contribution in [0.3, 0.4) is 0 Å². The highest BCUT2D eigenvalue weighted by Crippen LogP contribution is 2.27. The molecule has 0 aliphatic heterocycles. The fraction of sp³-hybridized carbons (Fsp3) is 0. The van der Waals surface area contributed by atoms with Crippen molar-refractivity contribution in [3.8, 4) is 0 Å². The van der Waals surface area contributed by atoms with Gasteiger partial charge in [-0.2, -0.15) is 0 Å². The summed E-state index contributed by atoms with van der Waals surface area (Å²) in [6.45, 7) is 0. The van der Waals surface area contributed by atoms with Gasteiger partial charge in [0.1, 0.15) is 0 Å². The predicted molar refractivity (Wildman–Crippen MR) is 94.0 cm³/mol. The maximum atomic E-state index is 12.2. The van der Waals surface area contributed by atoms with Crippen LogP contribution in [0.25, 0.3) is 0 Å². The summed E-state index contributed by atoms with van der Waals surface area (Å²) < 4.78 is 2.61. The lowest BCUT2D eigenvalue weighted by Crippen LogP contribution is -2.13. The molecule has 1 amide bonds. The SMILES string of the molecule is O=C(Nc1ccc(Br)cc1Cl)c1cc(I)ccc1Br. The molecule has 0 aromatic heterocycles. The van der Waals surface area contributed by atoms with E-state index in [0.717, 1.165) is 12.5 Å². The van der Waals surface area contributed by atoms with Gasteiger partial charge in [-0.1, -0.05) is 27.5 Å². The van der Waals surface area contributed by atoms with Gasteiger partial charge >= 0.3 is 0 Å². The second-order valence-corrected chi connectivity index (χ2v) is 7.13. The number of amides is 1. The van der Waals surface area contributed by atoms with Crippen molar-refractivity contribution in [1.82, 2.24) is 0 Å². The molecule has 2 aromatic rings. The molecule has 98 valence electrons. The van der Waals surface area contributed by atoms with Crippen molar-refractivity contribution in [2.24, 2.45) is 0 Å². The fourth-order valence-electron chi connectivity index (χ4n) is 1.45. The van der Waals surface area contributed by atoms with E-state index in [0.29, 0.717) is 16.3 Å². The second-order valence-electron chi connectivity index (χ2n) is 3.70. The van der Waals surface area contributed by atoms with Crippen LogP contribution in [0.4, 0.5) is 5.69 Å². The van der Waals surface area contributed by atoms with Crippen LogP contribution in [-0.2, 0) is 0 Å². The number of nitrogens with one attached hydrogen (secondary N) is 1. The lowest BCUT2D eigenvalue weighted by molar-refractivity contribution is 0.102. The molecule has 19 heavy (non-hydrogen) atoms. The van der Waals surface area contributed by atoms with Gasteiger partial charge in [0.15, 0.2) is 0 Å². The van der Waals surface area contributed by atoms with E-state index in [1.165, 1.54) is 0 Å². The molecule has 6 heteroatoms. The molecule has 0 saturated heterocycles. The maximum absolute atomic E-state index is 12.2. The van der Waals surface area contributed by atoms with Crippen LogP contribution < -0.4 is 5.32 Å². The van der Waals surface area contributed by atoms with E-state index < -0.39 is 0 Å². The van der Waals surface area contributed by atoms with Crippen molar-refractivity contribution >= 4 is 77.6 Å². The topological polar surface area (TPSA) is 29.1 Å². The van der Waals surface area contributed by atoms with E-state index in [9.17, 15) is 4.79 Å². The number of hydrogen-bond donors (Lipinski definition) is 1. The summed E-state index contributed by atoms with van der Waals surface area (Å²) in [5.41, 5.74) is 1.16. The molecule has 0 aliphatic rings. The monoisotopic (exact) mass is 513 g/mol. The molecule has 0 radical (unpaired) electrons. The zero-order chi connectivity index (χ0) is 14.0. The number of carbonyl (C=O) groups excluding carboxylic acids is 1. The largest absolute Gasteiger partial charge is 0.321 e. The highest BCUT2D eigenvalue weighted by atomic mass is 127. The average molecular weight is 515 g/mol. The average Bonchev–Trinajstić information content (AvgIpc) is 2.35. The maximum Gasteiger partial charge on any atom is 0.256 e. The van der Waals surface area contributed by atoms with Crippen LogP contribution in [0.1, 0.15) is 10.4 Å². The summed E-state index contributed by atoms with van der Waals surface area (Å²) >= 11 is 14.9. The predicted octanol–water partition coefficient (Wildman–Crippen LogP) is 5.72. The minimum atomic E-state index is -0.199. The molecule has 0 atom stereocenters. The summed E-state index contributed by atoms with van der Waals surface area (Å²) in [4.78, 5) is 12.2. The van der Waals surface area contributed by atoms with Crippen molar-refractivity contribution in [2.45, 2.75) is 0 Å². The summed E-state index contributed by atoms with van der Waals surface area (Å²) in [5, 5.41) is 3.29. The van der Waals surface area contributed by atoms with E-state index >= 15 is 0 Å². The highest BCUT2D eigenvalue weighted by molar-refractivity contribution is 14.1. The van der Waals surface area contributed by atoms with E-state index in [2.05, 4.69) is 59.8 Å². The highest BCUT2D eigenvalue weighted by Gasteiger charge is 2.12. The third-order valence-electron chi connectivity index (χ3n) is 2.35. The normalized spacial score (nSPS) is 10.3. The van der Waals surface area contributed by atoms with Crippen LogP contribution in [0.2, 0.25) is 5.02 Å². The molecular weight excluding hydrogens is 508 g/mol. The Bertz CT molecular complexity index is 649. The van der Waals surface area contributed by atoms with E-state index in [-0.39, 0.29) is 5.91 Å². The zero-order valence-electron chi connectivity index (χ0n) is 9.38. The summed E-state index contributed by atoms with van der Waals surface area (Å²) in [6, 6.07) is 10.9. The standard InChI is InChI=1S/C13H7Br2ClINO/c14-7-1-4-12(11(16)5-7)18-13(19)9-6-8(17)2-3-10(9)15/h1-6H,(H,18,19). The van der Waals surface area contributed by atoms with Gasteiger partial charge < -0.3 is 5.32 Å². The van der Waals surface area contributed by atoms with Crippen molar-refractivity contribution in [1.29, 1.82) is 0 Å². The van der Waals surface area contributed by atoms with Crippen molar-refractivity contribution in [3.63, 3.8) is 0 Å². The summed E-state index contributed by atoms with van der Waals surface area (Å²) in [6.07, 6.45) is 0. The first-order chi connectivity index (χ1) is 8.97. The Morgan fingerprint density at radius 2 is 1.89 bits per heavy atom. The summed E-state index contributed by atoms with van der Waals surface area (Å²) in [7, 11) is 0. The van der Waals surface area contributed by atoms with E-state index in [4.69, 9.17) is 11.6 Å². The number of carbonyl (C=O) groups is 1. The van der Waals surface area contributed by atoms with Gasteiger partial charge in [0.2, 0.25) is 0 Å². The van der Waals surface area contributed by atoms with Crippen molar-refractivity contribution in [3.05, 3.63) is 59.5 Å². The first kappa shape index (κ1) is 15.3. The molecule has 0 aliphatic carbocycles. The second kappa shape index (κ2) is 6.56. The Morgan fingerprint density at radius 3 is 2.58 bits per heavy atom. The number of rotatable bonds is 2. The van der Waals surface area contributed by atoms with Crippen LogP contribution in [0.5, 0.6) is 0 Å². The summed E-state index contributed by atoms with van der Waals surface area (Å²) in [5.74, 6) is -0.199. The van der Waals surface area contributed by atoms with Crippen LogP contribution >= 0.6 is 66.1 Å². The molecule has 0 spiro atoms. The molecule has 0 saturated carbocycles. The molecule has 0 heterocycles.